The van der Waals surface area contributed by atoms with Crippen LogP contribution in [0.2, 0.25) is 0 Å². The van der Waals surface area contributed by atoms with Crippen LogP contribution >= 0.6 is 0 Å². The SMILES string of the molecule is C=CCOC(=O)C(CCCCCCCCCCCCCC)C(=O)[C@@H]1COC(C)(C)N1C(=O)OC(C)(C)C. The summed E-state index contributed by atoms with van der Waals surface area (Å²) >= 11 is 0. The van der Waals surface area contributed by atoms with Gasteiger partial charge in [0.05, 0.1) is 6.61 Å². The third-order valence-corrected chi connectivity index (χ3v) is 6.72. The van der Waals surface area contributed by atoms with Crippen molar-refractivity contribution in [2.45, 2.75) is 142 Å². The molecule has 1 unspecified atom stereocenters. The number of ether oxygens (including phenoxy) is 3. The van der Waals surface area contributed by atoms with Crippen LogP contribution in [0.1, 0.15) is 125 Å². The molecular weight excluding hydrogens is 470 g/mol. The molecule has 0 N–H and O–H groups in total. The van der Waals surface area contributed by atoms with Crippen LogP contribution in [0.3, 0.4) is 0 Å². The van der Waals surface area contributed by atoms with Gasteiger partial charge in [0.1, 0.15) is 29.9 Å². The number of nitrogens with zero attached hydrogens (tertiary/aromatic N) is 1. The molecule has 1 aliphatic heterocycles. The van der Waals surface area contributed by atoms with Gasteiger partial charge in [-0.2, -0.15) is 0 Å². The molecule has 0 aliphatic carbocycles. The molecule has 37 heavy (non-hydrogen) atoms. The molecule has 0 saturated carbocycles. The molecular formula is C30H53NO6. The van der Waals surface area contributed by atoms with Crippen molar-refractivity contribution >= 4 is 17.8 Å². The van der Waals surface area contributed by atoms with Gasteiger partial charge in [-0.25, -0.2) is 4.79 Å². The van der Waals surface area contributed by atoms with Crippen molar-refractivity contribution in [3.8, 4) is 0 Å². The van der Waals surface area contributed by atoms with Crippen LogP contribution in [0.4, 0.5) is 4.79 Å². The van der Waals surface area contributed by atoms with Crippen molar-refractivity contribution in [3.05, 3.63) is 12.7 Å². The highest BCUT2D eigenvalue weighted by molar-refractivity contribution is 6.03. The van der Waals surface area contributed by atoms with Crippen molar-refractivity contribution in [2.24, 2.45) is 5.92 Å². The molecule has 0 bridgehead atoms. The molecule has 1 amide bonds. The topological polar surface area (TPSA) is 82.1 Å². The Morgan fingerprint density at radius 1 is 0.973 bits per heavy atom. The standard InChI is InChI=1S/C30H53NO6/c1-8-10-11-12-13-14-15-16-17-18-19-20-21-24(27(33)35-22-9-2)26(32)25-23-36-30(6,7)31(25)28(34)37-29(3,4)5/h9,24-25H,2,8,10-23H2,1,3-7H3/t24?,25-/m0/s1. The zero-order valence-electron chi connectivity index (χ0n) is 24.4. The van der Waals surface area contributed by atoms with E-state index in [4.69, 9.17) is 14.2 Å². The van der Waals surface area contributed by atoms with E-state index in [0.29, 0.717) is 6.42 Å². The van der Waals surface area contributed by atoms with Crippen LogP contribution in [0.25, 0.3) is 0 Å². The lowest BCUT2D eigenvalue weighted by Gasteiger charge is -2.35. The van der Waals surface area contributed by atoms with Gasteiger partial charge in [-0.05, 0) is 41.0 Å². The van der Waals surface area contributed by atoms with E-state index in [1.807, 2.05) is 0 Å². The van der Waals surface area contributed by atoms with Gasteiger partial charge in [-0.3, -0.25) is 14.5 Å². The molecule has 1 rings (SSSR count). The summed E-state index contributed by atoms with van der Waals surface area (Å²) in [5.74, 6) is -1.87. The van der Waals surface area contributed by atoms with Crippen LogP contribution in [-0.4, -0.2) is 53.3 Å². The van der Waals surface area contributed by atoms with Crippen molar-refractivity contribution in [1.82, 2.24) is 4.90 Å². The van der Waals surface area contributed by atoms with E-state index in [1.165, 1.54) is 68.8 Å². The maximum absolute atomic E-state index is 13.6. The molecule has 7 nitrogen and oxygen atoms in total. The Balaban J connectivity index is 2.64. The van der Waals surface area contributed by atoms with Crippen molar-refractivity contribution in [1.29, 1.82) is 0 Å². The number of esters is 1. The largest absolute Gasteiger partial charge is 0.461 e. The van der Waals surface area contributed by atoms with Gasteiger partial charge in [0.2, 0.25) is 0 Å². The number of amides is 1. The Hall–Kier alpha value is -1.89. The summed E-state index contributed by atoms with van der Waals surface area (Å²) < 4.78 is 16.6. The number of rotatable bonds is 18. The van der Waals surface area contributed by atoms with Crippen LogP contribution < -0.4 is 0 Å². The predicted octanol–water partition coefficient (Wildman–Crippen LogP) is 7.36. The molecule has 1 fully saturated rings. The van der Waals surface area contributed by atoms with E-state index >= 15 is 0 Å². The molecule has 7 heteroatoms. The van der Waals surface area contributed by atoms with Crippen LogP contribution in [-0.2, 0) is 23.8 Å². The number of ketones is 1. The molecule has 1 heterocycles. The Morgan fingerprint density at radius 3 is 1.97 bits per heavy atom. The number of carbonyl (C=O) groups excluding carboxylic acids is 3. The highest BCUT2D eigenvalue weighted by atomic mass is 16.6. The predicted molar refractivity (Wildman–Crippen MR) is 147 cm³/mol. The molecule has 2 atom stereocenters. The zero-order chi connectivity index (χ0) is 27.9. The Morgan fingerprint density at radius 2 is 1.49 bits per heavy atom. The van der Waals surface area contributed by atoms with Crippen molar-refractivity contribution < 1.29 is 28.6 Å². The molecule has 1 saturated heterocycles. The number of hydrogen-bond acceptors (Lipinski definition) is 6. The molecule has 0 aromatic rings. The minimum absolute atomic E-state index is 0.0226. The summed E-state index contributed by atoms with van der Waals surface area (Å²) in [7, 11) is 0. The van der Waals surface area contributed by atoms with Crippen LogP contribution in [0.5, 0.6) is 0 Å². The number of Topliss-reactive ketones (excluding diaryl/α,β-unsaturated/α-hetero) is 1. The van der Waals surface area contributed by atoms with Gasteiger partial charge in [-0.15, -0.1) is 0 Å². The summed E-state index contributed by atoms with van der Waals surface area (Å²) in [6.07, 6.45) is 15.7. The molecule has 0 aromatic heterocycles. The summed E-state index contributed by atoms with van der Waals surface area (Å²) in [4.78, 5) is 40.7. The third-order valence-electron chi connectivity index (χ3n) is 6.72. The Bertz CT molecular complexity index is 711. The molecule has 1 aliphatic rings. The third kappa shape index (κ3) is 12.5. The van der Waals surface area contributed by atoms with E-state index in [9.17, 15) is 14.4 Å². The van der Waals surface area contributed by atoms with Gasteiger partial charge < -0.3 is 14.2 Å². The fourth-order valence-electron chi connectivity index (χ4n) is 4.71. The van der Waals surface area contributed by atoms with E-state index in [1.54, 1.807) is 34.6 Å². The first-order valence-corrected chi connectivity index (χ1v) is 14.4. The van der Waals surface area contributed by atoms with Crippen molar-refractivity contribution in [2.75, 3.05) is 13.2 Å². The van der Waals surface area contributed by atoms with E-state index < -0.39 is 35.3 Å². The zero-order valence-corrected chi connectivity index (χ0v) is 24.4. The maximum Gasteiger partial charge on any atom is 0.413 e. The number of unbranched alkanes of at least 4 members (excludes halogenated alkanes) is 11. The summed E-state index contributed by atoms with van der Waals surface area (Å²) in [5.41, 5.74) is -1.74. The summed E-state index contributed by atoms with van der Waals surface area (Å²) in [5, 5.41) is 0. The van der Waals surface area contributed by atoms with E-state index in [-0.39, 0.29) is 19.0 Å². The second-order valence-corrected chi connectivity index (χ2v) is 11.7. The number of hydrogen-bond donors (Lipinski definition) is 0. The smallest absolute Gasteiger partial charge is 0.413 e. The highest BCUT2D eigenvalue weighted by Crippen LogP contribution is 2.32. The Kier molecular flexibility index (Phi) is 15.1. The highest BCUT2D eigenvalue weighted by Gasteiger charge is 2.51. The van der Waals surface area contributed by atoms with Gasteiger partial charge in [0.25, 0.3) is 0 Å². The van der Waals surface area contributed by atoms with Gasteiger partial charge >= 0.3 is 12.1 Å². The van der Waals surface area contributed by atoms with Gasteiger partial charge in [0, 0.05) is 0 Å². The average Bonchev–Trinajstić information content (AvgIpc) is 3.14. The fraction of sp³-hybridized carbons (Fsp3) is 0.833. The van der Waals surface area contributed by atoms with Crippen molar-refractivity contribution in [3.63, 3.8) is 0 Å². The summed E-state index contributed by atoms with van der Waals surface area (Å²) in [6, 6.07) is -0.900. The lowest BCUT2D eigenvalue weighted by molar-refractivity contribution is -0.152. The number of carbonyl (C=O) groups is 3. The molecule has 0 aromatic carbocycles. The first kappa shape index (κ1) is 33.1. The first-order chi connectivity index (χ1) is 17.4. The fourth-order valence-corrected chi connectivity index (χ4v) is 4.71. The van der Waals surface area contributed by atoms with E-state index in [0.717, 1.165) is 19.3 Å². The van der Waals surface area contributed by atoms with Crippen LogP contribution in [0.15, 0.2) is 12.7 Å². The lowest BCUT2D eigenvalue weighted by Crippen LogP contribution is -2.54. The second kappa shape index (κ2) is 16.8. The first-order valence-electron chi connectivity index (χ1n) is 14.4. The molecule has 214 valence electrons. The Labute approximate surface area is 225 Å². The molecule has 0 radical (unpaired) electrons. The van der Waals surface area contributed by atoms with Crippen LogP contribution in [0, 0.1) is 5.92 Å². The normalized spacial score (nSPS) is 17.9. The minimum Gasteiger partial charge on any atom is -0.461 e. The quantitative estimate of drug-likeness (QED) is 0.0807. The van der Waals surface area contributed by atoms with E-state index in [2.05, 4.69) is 13.5 Å². The lowest BCUT2D eigenvalue weighted by atomic mass is 9.91. The molecule has 0 spiro atoms. The minimum atomic E-state index is -1.02. The summed E-state index contributed by atoms with van der Waals surface area (Å²) in [6.45, 7) is 14.7. The van der Waals surface area contributed by atoms with Gasteiger partial charge in [0.15, 0.2) is 5.78 Å². The van der Waals surface area contributed by atoms with Gasteiger partial charge in [-0.1, -0.05) is 96.6 Å². The average molecular weight is 524 g/mol. The maximum atomic E-state index is 13.6. The monoisotopic (exact) mass is 523 g/mol. The second-order valence-electron chi connectivity index (χ2n) is 11.7.